The molecule has 15 heavy (non-hydrogen) atoms. The summed E-state index contributed by atoms with van der Waals surface area (Å²) in [6, 6.07) is 0.392. The summed E-state index contributed by atoms with van der Waals surface area (Å²) in [5, 5.41) is 0. The first kappa shape index (κ1) is 14.4. The molecule has 90 valence electrons. The molecule has 0 bridgehead atoms. The molecule has 0 aromatic rings. The fourth-order valence-electron chi connectivity index (χ4n) is 1.76. The average Bonchev–Trinajstić information content (AvgIpc) is 2.22. The Bertz CT molecular complexity index is 167. The highest BCUT2D eigenvalue weighted by molar-refractivity contribution is 5.65. The summed E-state index contributed by atoms with van der Waals surface area (Å²) in [6.45, 7) is 10.5. The van der Waals surface area contributed by atoms with Crippen LogP contribution in [-0.4, -0.2) is 36.6 Å². The molecule has 3 nitrogen and oxygen atoms in total. The van der Waals surface area contributed by atoms with Crippen LogP contribution in [0.1, 0.15) is 47.0 Å². The van der Waals surface area contributed by atoms with Gasteiger partial charge < -0.3 is 4.74 Å². The molecule has 0 fully saturated rings. The number of unbranched alkanes of at least 4 members (excludes halogenated alkanes) is 1. The van der Waals surface area contributed by atoms with Crippen LogP contribution in [0, 0.1) is 0 Å². The Morgan fingerprint density at radius 1 is 1.27 bits per heavy atom. The maximum absolute atomic E-state index is 10.8. The number of esters is 1. The van der Waals surface area contributed by atoms with Gasteiger partial charge in [-0.3, -0.25) is 9.69 Å². The summed E-state index contributed by atoms with van der Waals surface area (Å²) >= 11 is 0. The van der Waals surface area contributed by atoms with Gasteiger partial charge in [-0.2, -0.15) is 0 Å². The van der Waals surface area contributed by atoms with E-state index in [1.807, 2.05) is 0 Å². The minimum Gasteiger partial charge on any atom is -0.464 e. The zero-order chi connectivity index (χ0) is 11.7. The lowest BCUT2D eigenvalue weighted by atomic mass is 10.1. The topological polar surface area (TPSA) is 29.5 Å². The van der Waals surface area contributed by atoms with Gasteiger partial charge in [0.2, 0.25) is 0 Å². The number of carbonyl (C=O) groups is 1. The van der Waals surface area contributed by atoms with Crippen LogP contribution in [0.3, 0.4) is 0 Å². The van der Waals surface area contributed by atoms with E-state index in [9.17, 15) is 4.79 Å². The number of ether oxygens (including phenoxy) is 1. The normalized spacial score (nSPS) is 12.9. The Kier molecular flexibility index (Phi) is 8.38. The molecule has 1 unspecified atom stereocenters. The van der Waals surface area contributed by atoms with E-state index in [4.69, 9.17) is 4.74 Å². The first-order chi connectivity index (χ1) is 7.15. The van der Waals surface area contributed by atoms with Crippen LogP contribution in [0.5, 0.6) is 0 Å². The van der Waals surface area contributed by atoms with Gasteiger partial charge in [0.05, 0.1) is 0 Å². The van der Waals surface area contributed by atoms with Gasteiger partial charge in [-0.05, 0) is 19.5 Å². The van der Waals surface area contributed by atoms with Crippen LogP contribution in [-0.2, 0) is 9.53 Å². The van der Waals surface area contributed by atoms with Crippen molar-refractivity contribution in [1.29, 1.82) is 0 Å². The third-order valence-corrected chi connectivity index (χ3v) is 2.70. The number of carbonyl (C=O) groups excluding carboxylic acids is 1. The summed E-state index contributed by atoms with van der Waals surface area (Å²) in [5.41, 5.74) is 0. The van der Waals surface area contributed by atoms with E-state index in [-0.39, 0.29) is 5.97 Å². The lowest BCUT2D eigenvalue weighted by Gasteiger charge is -2.29. The molecule has 0 rings (SSSR count). The van der Waals surface area contributed by atoms with Crippen molar-refractivity contribution in [1.82, 2.24) is 4.90 Å². The van der Waals surface area contributed by atoms with Gasteiger partial charge in [0, 0.05) is 13.0 Å². The fourth-order valence-corrected chi connectivity index (χ4v) is 1.76. The Labute approximate surface area is 93.8 Å². The van der Waals surface area contributed by atoms with E-state index >= 15 is 0 Å². The summed E-state index contributed by atoms with van der Waals surface area (Å²) in [7, 11) is 0. The van der Waals surface area contributed by atoms with Crippen molar-refractivity contribution in [2.24, 2.45) is 0 Å². The monoisotopic (exact) mass is 215 g/mol. The highest BCUT2D eigenvalue weighted by Gasteiger charge is 2.16. The Morgan fingerprint density at radius 3 is 2.27 bits per heavy atom. The highest BCUT2D eigenvalue weighted by Crippen LogP contribution is 2.09. The van der Waals surface area contributed by atoms with Gasteiger partial charge in [0.1, 0.15) is 6.61 Å². The zero-order valence-corrected chi connectivity index (χ0v) is 10.6. The van der Waals surface area contributed by atoms with E-state index in [0.29, 0.717) is 12.6 Å². The van der Waals surface area contributed by atoms with Gasteiger partial charge in [-0.1, -0.05) is 33.6 Å². The van der Waals surface area contributed by atoms with E-state index in [1.54, 1.807) is 0 Å². The molecule has 0 aromatic carbocycles. The second kappa shape index (κ2) is 8.72. The minimum absolute atomic E-state index is 0.177. The molecule has 0 radical (unpaired) electrons. The molecule has 0 aliphatic carbocycles. The van der Waals surface area contributed by atoms with E-state index < -0.39 is 0 Å². The van der Waals surface area contributed by atoms with Gasteiger partial charge >= 0.3 is 5.97 Å². The molecular weight excluding hydrogens is 190 g/mol. The number of hydrogen-bond acceptors (Lipinski definition) is 3. The van der Waals surface area contributed by atoms with Crippen LogP contribution < -0.4 is 0 Å². The first-order valence-electron chi connectivity index (χ1n) is 6.03. The molecule has 0 N–H and O–H groups in total. The number of likely N-dealkylation sites (N-methyl/N-ethyl adjacent to an activating group) is 1. The lowest BCUT2D eigenvalue weighted by Crippen LogP contribution is -2.38. The van der Waals surface area contributed by atoms with Crippen LogP contribution in [0.15, 0.2) is 0 Å². The van der Waals surface area contributed by atoms with Crippen molar-refractivity contribution in [2.75, 3.05) is 19.7 Å². The summed E-state index contributed by atoms with van der Waals surface area (Å²) < 4.78 is 5.11. The van der Waals surface area contributed by atoms with Crippen molar-refractivity contribution in [3.8, 4) is 0 Å². The van der Waals surface area contributed by atoms with Crippen LogP contribution in [0.4, 0.5) is 0 Å². The summed E-state index contributed by atoms with van der Waals surface area (Å²) in [4.78, 5) is 13.1. The Morgan fingerprint density at radius 2 is 1.87 bits per heavy atom. The summed E-state index contributed by atoms with van der Waals surface area (Å²) in [5.74, 6) is -0.177. The van der Waals surface area contributed by atoms with Gasteiger partial charge in [0.25, 0.3) is 0 Å². The Hall–Kier alpha value is -0.570. The van der Waals surface area contributed by atoms with Gasteiger partial charge in [-0.15, -0.1) is 0 Å². The van der Waals surface area contributed by atoms with E-state index in [1.165, 1.54) is 19.8 Å². The van der Waals surface area contributed by atoms with Crippen LogP contribution in [0.25, 0.3) is 0 Å². The molecule has 0 aromatic heterocycles. The maximum atomic E-state index is 10.8. The van der Waals surface area contributed by atoms with Crippen LogP contribution in [0.2, 0.25) is 0 Å². The quantitative estimate of drug-likeness (QED) is 0.582. The average molecular weight is 215 g/mol. The predicted octanol–water partition coefficient (Wildman–Crippen LogP) is 2.45. The smallest absolute Gasteiger partial charge is 0.302 e. The third-order valence-electron chi connectivity index (χ3n) is 2.70. The molecule has 0 spiro atoms. The maximum Gasteiger partial charge on any atom is 0.302 e. The van der Waals surface area contributed by atoms with Crippen LogP contribution >= 0.6 is 0 Å². The molecule has 0 aliphatic rings. The molecule has 0 aliphatic heterocycles. The second-order valence-electron chi connectivity index (χ2n) is 3.82. The van der Waals surface area contributed by atoms with Crippen molar-refractivity contribution in [2.45, 2.75) is 53.0 Å². The van der Waals surface area contributed by atoms with E-state index in [0.717, 1.165) is 19.5 Å². The number of hydrogen-bond donors (Lipinski definition) is 0. The summed E-state index contributed by atoms with van der Waals surface area (Å²) in [6.07, 6.45) is 3.51. The van der Waals surface area contributed by atoms with Crippen molar-refractivity contribution in [3.63, 3.8) is 0 Å². The SMILES string of the molecule is CCCCC(COC(C)=O)N(CC)CC. The van der Waals surface area contributed by atoms with Crippen molar-refractivity contribution in [3.05, 3.63) is 0 Å². The molecule has 0 saturated carbocycles. The Balaban J connectivity index is 4.08. The zero-order valence-electron chi connectivity index (χ0n) is 10.6. The number of nitrogens with zero attached hydrogens (tertiary/aromatic N) is 1. The van der Waals surface area contributed by atoms with Crippen molar-refractivity contribution < 1.29 is 9.53 Å². The standard InChI is InChI=1S/C12H25NO2/c1-5-8-9-12(10-15-11(4)14)13(6-2)7-3/h12H,5-10H2,1-4H3. The molecule has 0 amide bonds. The van der Waals surface area contributed by atoms with Gasteiger partial charge in [0.15, 0.2) is 0 Å². The van der Waals surface area contributed by atoms with Crippen molar-refractivity contribution >= 4 is 5.97 Å². The minimum atomic E-state index is -0.177. The molecular formula is C12H25NO2. The molecule has 0 heterocycles. The predicted molar refractivity (Wildman–Crippen MR) is 62.9 cm³/mol. The first-order valence-corrected chi connectivity index (χ1v) is 6.03. The lowest BCUT2D eigenvalue weighted by molar-refractivity contribution is -0.142. The van der Waals surface area contributed by atoms with Gasteiger partial charge in [-0.25, -0.2) is 0 Å². The second-order valence-corrected chi connectivity index (χ2v) is 3.82. The fraction of sp³-hybridized carbons (Fsp3) is 0.917. The molecule has 3 heteroatoms. The highest BCUT2D eigenvalue weighted by atomic mass is 16.5. The largest absolute Gasteiger partial charge is 0.464 e. The third kappa shape index (κ3) is 6.50. The molecule has 1 atom stereocenters. The van der Waals surface area contributed by atoms with E-state index in [2.05, 4.69) is 25.7 Å². The molecule has 0 saturated heterocycles. The number of rotatable bonds is 8.